The maximum Gasteiger partial charge on any atom is 0.332 e. The Morgan fingerprint density at radius 2 is 1.63 bits per heavy atom. The number of aromatic nitrogens is 4. The molecule has 0 amide bonds. The number of fused-ring (bicyclic) bond motifs is 1. The van der Waals surface area contributed by atoms with E-state index >= 15 is 0 Å². The van der Waals surface area contributed by atoms with Gasteiger partial charge >= 0.3 is 5.69 Å². The number of nitrogens with zero attached hydrogens (tertiary/aromatic N) is 4. The summed E-state index contributed by atoms with van der Waals surface area (Å²) in [6.07, 6.45) is 0.807. The average Bonchev–Trinajstić information content (AvgIpc) is 3.11. The van der Waals surface area contributed by atoms with Crippen LogP contribution in [0.4, 0.5) is 5.95 Å². The summed E-state index contributed by atoms with van der Waals surface area (Å²) in [7, 11) is 3.10. The van der Waals surface area contributed by atoms with Crippen molar-refractivity contribution in [2.24, 2.45) is 14.1 Å². The van der Waals surface area contributed by atoms with E-state index in [1.807, 2.05) is 47.0 Å². The number of halogens is 1. The lowest BCUT2D eigenvalue weighted by Gasteiger charge is -2.11. The van der Waals surface area contributed by atoms with Crippen LogP contribution in [0.15, 0.2) is 64.2 Å². The van der Waals surface area contributed by atoms with Crippen molar-refractivity contribution in [3.05, 3.63) is 91.6 Å². The molecule has 0 aliphatic rings. The number of rotatable bonds is 6. The van der Waals surface area contributed by atoms with E-state index in [1.165, 1.54) is 17.2 Å². The van der Waals surface area contributed by atoms with Crippen molar-refractivity contribution in [2.75, 3.05) is 11.9 Å². The predicted molar refractivity (Wildman–Crippen MR) is 119 cm³/mol. The van der Waals surface area contributed by atoms with Gasteiger partial charge in [-0.3, -0.25) is 18.5 Å². The van der Waals surface area contributed by atoms with Gasteiger partial charge in [-0.1, -0.05) is 54.1 Å². The van der Waals surface area contributed by atoms with E-state index in [1.54, 1.807) is 7.05 Å². The largest absolute Gasteiger partial charge is 0.355 e. The smallest absolute Gasteiger partial charge is 0.332 e. The van der Waals surface area contributed by atoms with Gasteiger partial charge in [0.25, 0.3) is 5.56 Å². The lowest BCUT2D eigenvalue weighted by atomic mass is 10.1. The highest BCUT2D eigenvalue weighted by Gasteiger charge is 2.19. The lowest BCUT2D eigenvalue weighted by Crippen LogP contribution is -2.37. The zero-order valence-corrected chi connectivity index (χ0v) is 17.6. The third-order valence-electron chi connectivity index (χ3n) is 5.14. The Bertz CT molecular complexity index is 1300. The molecule has 1 N–H and O–H groups in total. The van der Waals surface area contributed by atoms with Crippen LogP contribution >= 0.6 is 11.6 Å². The first-order valence-electron chi connectivity index (χ1n) is 9.64. The van der Waals surface area contributed by atoms with Gasteiger partial charge in [-0.25, -0.2) is 4.79 Å². The Balaban J connectivity index is 1.76. The fraction of sp³-hybridized carbons (Fsp3) is 0.227. The molecule has 0 radical (unpaired) electrons. The molecule has 0 fully saturated rings. The van der Waals surface area contributed by atoms with Crippen molar-refractivity contribution < 1.29 is 0 Å². The molecule has 0 aliphatic heterocycles. The number of nitrogens with one attached hydrogen (secondary N) is 1. The van der Waals surface area contributed by atoms with Gasteiger partial charge in [0.2, 0.25) is 5.95 Å². The molecule has 2 aromatic heterocycles. The van der Waals surface area contributed by atoms with Crippen molar-refractivity contribution in [1.82, 2.24) is 18.7 Å². The van der Waals surface area contributed by atoms with Gasteiger partial charge in [-0.05, 0) is 29.7 Å². The van der Waals surface area contributed by atoms with Gasteiger partial charge in [-0.15, -0.1) is 0 Å². The van der Waals surface area contributed by atoms with Crippen molar-refractivity contribution >= 4 is 28.7 Å². The molecule has 7 nitrogen and oxygen atoms in total. The van der Waals surface area contributed by atoms with Gasteiger partial charge in [0.15, 0.2) is 11.2 Å². The van der Waals surface area contributed by atoms with Crippen LogP contribution < -0.4 is 16.6 Å². The number of anilines is 1. The standard InChI is InChI=1S/C22H22ClN5O2/c1-26-19-18(20(29)27(2)22(26)30)28(14-16-8-10-17(23)11-9-16)21(25-19)24-13-12-15-6-4-3-5-7-15/h3-11H,12-14H2,1-2H3,(H,24,25). The topological polar surface area (TPSA) is 73.8 Å². The van der Waals surface area contributed by atoms with Crippen LogP contribution in [0.5, 0.6) is 0 Å². The molecular formula is C22H22ClN5O2. The Labute approximate surface area is 178 Å². The van der Waals surface area contributed by atoms with Crippen LogP contribution in [0.1, 0.15) is 11.1 Å². The number of benzene rings is 2. The van der Waals surface area contributed by atoms with Gasteiger partial charge in [-0.2, -0.15) is 4.98 Å². The predicted octanol–water partition coefficient (Wildman–Crippen LogP) is 2.79. The fourth-order valence-corrected chi connectivity index (χ4v) is 3.60. The first kappa shape index (κ1) is 20.0. The Morgan fingerprint density at radius 3 is 2.33 bits per heavy atom. The highest BCUT2D eigenvalue weighted by atomic mass is 35.5. The fourth-order valence-electron chi connectivity index (χ4n) is 3.47. The van der Waals surface area contributed by atoms with Crippen LogP contribution in [-0.4, -0.2) is 25.2 Å². The molecule has 0 saturated heterocycles. The van der Waals surface area contributed by atoms with E-state index in [0.717, 1.165) is 16.6 Å². The Hall–Kier alpha value is -3.32. The molecule has 4 aromatic rings. The van der Waals surface area contributed by atoms with Gasteiger partial charge in [0.1, 0.15) is 0 Å². The first-order chi connectivity index (χ1) is 14.5. The van der Waals surface area contributed by atoms with E-state index in [2.05, 4.69) is 22.4 Å². The molecule has 154 valence electrons. The highest BCUT2D eigenvalue weighted by Crippen LogP contribution is 2.19. The summed E-state index contributed by atoms with van der Waals surface area (Å²) in [6, 6.07) is 17.6. The second-order valence-electron chi connectivity index (χ2n) is 7.19. The average molecular weight is 424 g/mol. The summed E-state index contributed by atoms with van der Waals surface area (Å²) in [4.78, 5) is 29.9. The highest BCUT2D eigenvalue weighted by molar-refractivity contribution is 6.30. The molecular weight excluding hydrogens is 402 g/mol. The third-order valence-corrected chi connectivity index (χ3v) is 5.39. The second kappa shape index (κ2) is 8.20. The molecule has 0 saturated carbocycles. The van der Waals surface area contributed by atoms with Crippen LogP contribution in [-0.2, 0) is 27.1 Å². The van der Waals surface area contributed by atoms with E-state index in [-0.39, 0.29) is 5.56 Å². The SMILES string of the molecule is Cn1c(=O)c2c(nc(NCCc3ccccc3)n2Cc2ccc(Cl)cc2)n(C)c1=O. The number of aryl methyl sites for hydroxylation is 1. The Morgan fingerprint density at radius 1 is 0.933 bits per heavy atom. The molecule has 2 heterocycles. The zero-order valence-electron chi connectivity index (χ0n) is 16.8. The number of hydrogen-bond donors (Lipinski definition) is 1. The van der Waals surface area contributed by atoms with E-state index < -0.39 is 5.69 Å². The summed E-state index contributed by atoms with van der Waals surface area (Å²) in [5.41, 5.74) is 2.15. The summed E-state index contributed by atoms with van der Waals surface area (Å²) in [5.74, 6) is 0.550. The van der Waals surface area contributed by atoms with Gasteiger partial charge < -0.3 is 5.32 Å². The summed E-state index contributed by atoms with van der Waals surface area (Å²) >= 11 is 6.01. The normalized spacial score (nSPS) is 11.2. The molecule has 8 heteroatoms. The summed E-state index contributed by atoms with van der Waals surface area (Å²) < 4.78 is 4.33. The monoisotopic (exact) mass is 423 g/mol. The second-order valence-corrected chi connectivity index (χ2v) is 7.62. The quantitative estimate of drug-likeness (QED) is 0.517. The molecule has 0 unspecified atom stereocenters. The molecule has 0 bridgehead atoms. The van der Waals surface area contributed by atoms with Crippen LogP contribution in [0.3, 0.4) is 0 Å². The van der Waals surface area contributed by atoms with Crippen molar-refractivity contribution in [3.8, 4) is 0 Å². The van der Waals surface area contributed by atoms with Crippen LogP contribution in [0.25, 0.3) is 11.2 Å². The van der Waals surface area contributed by atoms with Gasteiger partial charge in [0.05, 0.1) is 6.54 Å². The molecule has 0 aliphatic carbocycles. The molecule has 2 aromatic carbocycles. The van der Waals surface area contributed by atoms with Crippen LogP contribution in [0.2, 0.25) is 5.02 Å². The third kappa shape index (κ3) is 3.76. The van der Waals surface area contributed by atoms with Crippen molar-refractivity contribution in [3.63, 3.8) is 0 Å². The lowest BCUT2D eigenvalue weighted by molar-refractivity contribution is 0.702. The molecule has 0 atom stereocenters. The maximum absolute atomic E-state index is 12.9. The van der Waals surface area contributed by atoms with E-state index in [0.29, 0.717) is 35.2 Å². The zero-order chi connectivity index (χ0) is 21.3. The molecule has 4 rings (SSSR count). The van der Waals surface area contributed by atoms with Crippen molar-refractivity contribution in [1.29, 1.82) is 0 Å². The minimum Gasteiger partial charge on any atom is -0.355 e. The van der Waals surface area contributed by atoms with E-state index in [4.69, 9.17) is 11.6 Å². The number of imidazole rings is 1. The molecule has 0 spiro atoms. The van der Waals surface area contributed by atoms with Crippen molar-refractivity contribution in [2.45, 2.75) is 13.0 Å². The minimum absolute atomic E-state index is 0.360. The van der Waals surface area contributed by atoms with E-state index in [9.17, 15) is 9.59 Å². The summed E-state index contributed by atoms with van der Waals surface area (Å²) in [5, 5.41) is 3.99. The van der Waals surface area contributed by atoms with Crippen LogP contribution in [0, 0.1) is 0 Å². The Kier molecular flexibility index (Phi) is 5.46. The molecule has 30 heavy (non-hydrogen) atoms. The summed E-state index contributed by atoms with van der Waals surface area (Å²) in [6.45, 7) is 1.07. The van der Waals surface area contributed by atoms with Gasteiger partial charge in [0, 0.05) is 25.7 Å². The number of hydrogen-bond acceptors (Lipinski definition) is 4. The maximum atomic E-state index is 12.9. The minimum atomic E-state index is -0.403. The first-order valence-corrected chi connectivity index (χ1v) is 10.0.